The van der Waals surface area contributed by atoms with Crippen molar-refractivity contribution in [1.29, 1.82) is 0 Å². The van der Waals surface area contributed by atoms with Crippen molar-refractivity contribution in [2.24, 2.45) is 0 Å². The predicted molar refractivity (Wildman–Crippen MR) is 85.1 cm³/mol. The van der Waals surface area contributed by atoms with Gasteiger partial charge in [-0.3, -0.25) is 9.36 Å². The van der Waals surface area contributed by atoms with Gasteiger partial charge in [-0.1, -0.05) is 28.4 Å². The molecule has 1 atom stereocenters. The largest absolute Gasteiger partial charge is 0.293 e. The molecule has 1 aliphatic heterocycles. The van der Waals surface area contributed by atoms with Gasteiger partial charge in [-0.05, 0) is 37.5 Å². The van der Waals surface area contributed by atoms with Crippen LogP contribution in [0.2, 0.25) is 0 Å². The summed E-state index contributed by atoms with van der Waals surface area (Å²) in [5.74, 6) is 0.921. The van der Waals surface area contributed by atoms with Crippen LogP contribution in [0, 0.1) is 0 Å². The van der Waals surface area contributed by atoms with E-state index in [-0.39, 0.29) is 11.6 Å². The molecule has 104 valence electrons. The molecule has 0 saturated carbocycles. The number of hydrogen-bond donors (Lipinski definition) is 0. The summed E-state index contributed by atoms with van der Waals surface area (Å²) in [6.07, 6.45) is 6.88. The molecule has 2 heterocycles. The van der Waals surface area contributed by atoms with E-state index in [9.17, 15) is 4.79 Å². The summed E-state index contributed by atoms with van der Waals surface area (Å²) >= 11 is 3.44. The monoisotopic (exact) mass is 332 g/mol. The summed E-state index contributed by atoms with van der Waals surface area (Å²) in [4.78, 5) is 17.5. The molecule has 1 aromatic heterocycles. The SMILES string of the molecule is C=CCC1CCCCc2nc3cc(Br)ccc3c(=O)n21. The van der Waals surface area contributed by atoms with Crippen molar-refractivity contribution in [3.05, 3.63) is 51.5 Å². The van der Waals surface area contributed by atoms with E-state index < -0.39 is 0 Å². The van der Waals surface area contributed by atoms with Gasteiger partial charge in [0.25, 0.3) is 5.56 Å². The summed E-state index contributed by atoms with van der Waals surface area (Å²) in [5, 5.41) is 0.702. The number of aromatic nitrogens is 2. The molecule has 3 rings (SSSR count). The first kappa shape index (κ1) is 13.6. The number of benzene rings is 1. The maximum atomic E-state index is 12.8. The highest BCUT2D eigenvalue weighted by Gasteiger charge is 2.21. The van der Waals surface area contributed by atoms with Gasteiger partial charge in [0.2, 0.25) is 0 Å². The van der Waals surface area contributed by atoms with Gasteiger partial charge in [0, 0.05) is 16.9 Å². The molecule has 0 spiro atoms. The standard InChI is InChI=1S/C16H17BrN2O/c1-2-5-12-6-3-4-7-15-18-14-10-11(17)8-9-13(14)16(20)19(12)15/h2,8-10,12H,1,3-7H2. The number of nitrogens with zero attached hydrogens (tertiary/aromatic N) is 2. The van der Waals surface area contributed by atoms with Gasteiger partial charge in [0.05, 0.1) is 10.9 Å². The Balaban J connectivity index is 2.28. The van der Waals surface area contributed by atoms with Gasteiger partial charge in [-0.2, -0.15) is 0 Å². The molecule has 2 aromatic rings. The number of rotatable bonds is 2. The fourth-order valence-corrected chi connectivity index (χ4v) is 3.33. The Morgan fingerprint density at radius 1 is 1.45 bits per heavy atom. The van der Waals surface area contributed by atoms with Crippen LogP contribution in [-0.4, -0.2) is 9.55 Å². The Hall–Kier alpha value is -1.42. The van der Waals surface area contributed by atoms with Crippen molar-refractivity contribution in [2.45, 2.75) is 38.1 Å². The van der Waals surface area contributed by atoms with Crippen LogP contribution in [0.4, 0.5) is 0 Å². The zero-order valence-corrected chi connectivity index (χ0v) is 12.9. The second kappa shape index (κ2) is 5.52. The number of hydrogen-bond acceptors (Lipinski definition) is 2. The summed E-state index contributed by atoms with van der Waals surface area (Å²) in [5.41, 5.74) is 0.876. The lowest BCUT2D eigenvalue weighted by molar-refractivity contribution is 0.454. The molecule has 0 fully saturated rings. The van der Waals surface area contributed by atoms with E-state index in [4.69, 9.17) is 4.98 Å². The van der Waals surface area contributed by atoms with Crippen LogP contribution in [0.3, 0.4) is 0 Å². The molecular formula is C16H17BrN2O. The minimum absolute atomic E-state index is 0.0891. The molecule has 0 bridgehead atoms. The lowest BCUT2D eigenvalue weighted by atomic mass is 10.1. The first-order valence-electron chi connectivity index (χ1n) is 7.02. The average Bonchev–Trinajstić information content (AvgIpc) is 2.62. The van der Waals surface area contributed by atoms with Crippen molar-refractivity contribution >= 4 is 26.8 Å². The topological polar surface area (TPSA) is 34.9 Å². The lowest BCUT2D eigenvalue weighted by Gasteiger charge is -2.19. The van der Waals surface area contributed by atoms with Crippen LogP contribution >= 0.6 is 15.9 Å². The second-order valence-electron chi connectivity index (χ2n) is 5.29. The maximum Gasteiger partial charge on any atom is 0.261 e. The molecular weight excluding hydrogens is 316 g/mol. The van der Waals surface area contributed by atoms with Crippen molar-refractivity contribution in [3.8, 4) is 0 Å². The quantitative estimate of drug-likeness (QED) is 0.779. The first-order valence-corrected chi connectivity index (χ1v) is 7.81. The van der Waals surface area contributed by atoms with E-state index in [2.05, 4.69) is 22.5 Å². The van der Waals surface area contributed by atoms with Crippen molar-refractivity contribution < 1.29 is 0 Å². The van der Waals surface area contributed by atoms with Crippen LogP contribution in [0.25, 0.3) is 10.9 Å². The molecule has 3 nitrogen and oxygen atoms in total. The molecule has 20 heavy (non-hydrogen) atoms. The first-order chi connectivity index (χ1) is 9.70. The third-order valence-corrected chi connectivity index (χ3v) is 4.42. The van der Waals surface area contributed by atoms with Gasteiger partial charge < -0.3 is 0 Å². The van der Waals surface area contributed by atoms with Crippen molar-refractivity contribution in [3.63, 3.8) is 0 Å². The van der Waals surface area contributed by atoms with E-state index in [1.165, 1.54) is 0 Å². The average molecular weight is 333 g/mol. The third-order valence-electron chi connectivity index (χ3n) is 3.93. The Kier molecular flexibility index (Phi) is 3.74. The molecule has 1 unspecified atom stereocenters. The second-order valence-corrected chi connectivity index (χ2v) is 6.20. The minimum atomic E-state index is 0.0891. The van der Waals surface area contributed by atoms with Crippen LogP contribution in [0.5, 0.6) is 0 Å². The maximum absolute atomic E-state index is 12.8. The Labute approximate surface area is 126 Å². The number of allylic oxidation sites excluding steroid dienone is 1. The fraction of sp³-hybridized carbons (Fsp3) is 0.375. The van der Waals surface area contributed by atoms with Crippen LogP contribution < -0.4 is 5.56 Å². The zero-order valence-electron chi connectivity index (χ0n) is 11.3. The van der Waals surface area contributed by atoms with Gasteiger partial charge in [-0.15, -0.1) is 6.58 Å². The molecule has 4 heteroatoms. The van der Waals surface area contributed by atoms with Gasteiger partial charge >= 0.3 is 0 Å². The summed E-state index contributed by atoms with van der Waals surface area (Å²) in [6.45, 7) is 3.82. The summed E-state index contributed by atoms with van der Waals surface area (Å²) < 4.78 is 2.86. The van der Waals surface area contributed by atoms with E-state index in [1.807, 2.05) is 28.8 Å². The minimum Gasteiger partial charge on any atom is -0.293 e. The van der Waals surface area contributed by atoms with E-state index >= 15 is 0 Å². The molecule has 0 N–H and O–H groups in total. The predicted octanol–water partition coefficient (Wildman–Crippen LogP) is 4.00. The van der Waals surface area contributed by atoms with Gasteiger partial charge in [0.1, 0.15) is 5.82 Å². The van der Waals surface area contributed by atoms with Crippen molar-refractivity contribution in [1.82, 2.24) is 9.55 Å². The molecule has 1 aromatic carbocycles. The molecule has 0 saturated heterocycles. The van der Waals surface area contributed by atoms with E-state index in [0.29, 0.717) is 5.39 Å². The van der Waals surface area contributed by atoms with Gasteiger partial charge in [-0.25, -0.2) is 4.98 Å². The number of halogens is 1. The number of aryl methyl sites for hydroxylation is 1. The molecule has 1 aliphatic rings. The van der Waals surface area contributed by atoms with Crippen LogP contribution in [0.1, 0.15) is 37.5 Å². The van der Waals surface area contributed by atoms with E-state index in [0.717, 1.165) is 47.9 Å². The summed E-state index contributed by atoms with van der Waals surface area (Å²) in [6, 6.07) is 5.89. The Bertz CT molecular complexity index is 720. The Morgan fingerprint density at radius 3 is 3.10 bits per heavy atom. The molecule has 0 amide bonds. The Morgan fingerprint density at radius 2 is 2.30 bits per heavy atom. The third kappa shape index (κ3) is 2.33. The summed E-state index contributed by atoms with van der Waals surface area (Å²) in [7, 11) is 0. The zero-order chi connectivity index (χ0) is 14.1. The highest BCUT2D eigenvalue weighted by atomic mass is 79.9. The highest BCUT2D eigenvalue weighted by molar-refractivity contribution is 9.10. The fourth-order valence-electron chi connectivity index (χ4n) is 2.98. The number of fused-ring (bicyclic) bond motifs is 2. The van der Waals surface area contributed by atoms with Crippen molar-refractivity contribution in [2.75, 3.05) is 0 Å². The normalized spacial score (nSPS) is 18.6. The molecule has 0 radical (unpaired) electrons. The molecule has 0 aliphatic carbocycles. The highest BCUT2D eigenvalue weighted by Crippen LogP contribution is 2.26. The van der Waals surface area contributed by atoms with Crippen LogP contribution in [0.15, 0.2) is 40.1 Å². The van der Waals surface area contributed by atoms with Crippen LogP contribution in [-0.2, 0) is 6.42 Å². The lowest BCUT2D eigenvalue weighted by Crippen LogP contribution is -2.28. The van der Waals surface area contributed by atoms with Gasteiger partial charge in [0.15, 0.2) is 0 Å². The van der Waals surface area contributed by atoms with E-state index in [1.54, 1.807) is 0 Å². The smallest absolute Gasteiger partial charge is 0.261 e.